The van der Waals surface area contributed by atoms with Gasteiger partial charge in [-0.1, -0.05) is 31.5 Å². The van der Waals surface area contributed by atoms with Crippen molar-refractivity contribution in [1.82, 2.24) is 4.98 Å². The Morgan fingerprint density at radius 3 is 2.60 bits per heavy atom. The number of rotatable bonds is 7. The van der Waals surface area contributed by atoms with Crippen LogP contribution in [0.1, 0.15) is 31.4 Å². The van der Waals surface area contributed by atoms with Gasteiger partial charge < -0.3 is 10.1 Å². The number of nitrogens with zero attached hydrogens (tertiary/aromatic N) is 1. The zero-order chi connectivity index (χ0) is 14.2. The van der Waals surface area contributed by atoms with Crippen LogP contribution in [-0.4, -0.2) is 11.5 Å². The van der Waals surface area contributed by atoms with Crippen molar-refractivity contribution in [2.45, 2.75) is 33.3 Å². The van der Waals surface area contributed by atoms with Crippen molar-refractivity contribution < 1.29 is 4.74 Å². The van der Waals surface area contributed by atoms with E-state index in [1.54, 1.807) is 6.20 Å². The molecule has 0 saturated heterocycles. The molecule has 0 atom stereocenters. The van der Waals surface area contributed by atoms with Gasteiger partial charge in [0.1, 0.15) is 18.2 Å². The summed E-state index contributed by atoms with van der Waals surface area (Å²) >= 11 is 0. The zero-order valence-electron chi connectivity index (χ0n) is 12.2. The Bertz CT molecular complexity index is 523. The molecular weight excluding hydrogens is 248 g/mol. The first-order valence-corrected chi connectivity index (χ1v) is 7.23. The maximum Gasteiger partial charge on any atom is 0.132 e. The van der Waals surface area contributed by atoms with Crippen LogP contribution in [-0.2, 0) is 13.0 Å². The van der Waals surface area contributed by atoms with E-state index in [-0.39, 0.29) is 0 Å². The lowest BCUT2D eigenvalue weighted by Gasteiger charge is -2.11. The number of hydrogen-bond acceptors (Lipinski definition) is 3. The Kier molecular flexibility index (Phi) is 5.42. The highest BCUT2D eigenvalue weighted by Gasteiger charge is 2.03. The standard InChI is InChI=1S/C17H22N2O/c1-3-6-14-8-10-16(11-9-14)20-13-15-7-5-12-19-17(15)18-4-2/h5,7-12H,3-4,6,13H2,1-2H3,(H,18,19). The lowest BCUT2D eigenvalue weighted by Crippen LogP contribution is -2.05. The summed E-state index contributed by atoms with van der Waals surface area (Å²) in [5, 5.41) is 3.25. The normalized spacial score (nSPS) is 10.3. The molecule has 106 valence electrons. The average molecular weight is 270 g/mol. The highest BCUT2D eigenvalue weighted by Crippen LogP contribution is 2.17. The number of anilines is 1. The van der Waals surface area contributed by atoms with Gasteiger partial charge in [0.25, 0.3) is 0 Å². The van der Waals surface area contributed by atoms with E-state index >= 15 is 0 Å². The predicted octanol–water partition coefficient (Wildman–Crippen LogP) is 4.04. The summed E-state index contributed by atoms with van der Waals surface area (Å²) in [6.07, 6.45) is 4.08. The van der Waals surface area contributed by atoms with Crippen molar-refractivity contribution in [1.29, 1.82) is 0 Å². The van der Waals surface area contributed by atoms with Gasteiger partial charge >= 0.3 is 0 Å². The number of aryl methyl sites for hydroxylation is 1. The molecule has 0 saturated carbocycles. The minimum absolute atomic E-state index is 0.531. The molecule has 0 aliphatic rings. The van der Waals surface area contributed by atoms with Gasteiger partial charge in [-0.05, 0) is 37.1 Å². The summed E-state index contributed by atoms with van der Waals surface area (Å²) in [5.41, 5.74) is 2.43. The molecule has 1 aromatic heterocycles. The first kappa shape index (κ1) is 14.4. The average Bonchev–Trinajstić information content (AvgIpc) is 2.48. The van der Waals surface area contributed by atoms with Crippen LogP contribution in [0.5, 0.6) is 5.75 Å². The Morgan fingerprint density at radius 1 is 1.10 bits per heavy atom. The van der Waals surface area contributed by atoms with Gasteiger partial charge in [0.15, 0.2) is 0 Å². The zero-order valence-corrected chi connectivity index (χ0v) is 12.2. The van der Waals surface area contributed by atoms with Crippen LogP contribution >= 0.6 is 0 Å². The maximum absolute atomic E-state index is 5.83. The quantitative estimate of drug-likeness (QED) is 0.824. The maximum atomic E-state index is 5.83. The van der Waals surface area contributed by atoms with Crippen molar-refractivity contribution in [3.63, 3.8) is 0 Å². The molecule has 2 rings (SSSR count). The number of ether oxygens (including phenoxy) is 1. The monoisotopic (exact) mass is 270 g/mol. The fraction of sp³-hybridized carbons (Fsp3) is 0.353. The van der Waals surface area contributed by atoms with Gasteiger partial charge in [-0.3, -0.25) is 0 Å². The molecule has 2 aromatic rings. The lowest BCUT2D eigenvalue weighted by molar-refractivity contribution is 0.306. The van der Waals surface area contributed by atoms with Gasteiger partial charge in [-0.2, -0.15) is 0 Å². The second kappa shape index (κ2) is 7.53. The van der Waals surface area contributed by atoms with Crippen molar-refractivity contribution in [3.8, 4) is 5.75 Å². The predicted molar refractivity (Wildman–Crippen MR) is 83.2 cm³/mol. The number of aromatic nitrogens is 1. The van der Waals surface area contributed by atoms with E-state index in [1.807, 2.05) is 24.3 Å². The molecule has 0 radical (unpaired) electrons. The fourth-order valence-electron chi connectivity index (χ4n) is 2.08. The molecule has 3 heteroatoms. The molecule has 0 spiro atoms. The minimum Gasteiger partial charge on any atom is -0.489 e. The van der Waals surface area contributed by atoms with Crippen LogP contribution in [0.25, 0.3) is 0 Å². The van der Waals surface area contributed by atoms with Crippen molar-refractivity contribution in [3.05, 3.63) is 53.7 Å². The largest absolute Gasteiger partial charge is 0.489 e. The SMILES string of the molecule is CCCc1ccc(OCc2cccnc2NCC)cc1. The van der Waals surface area contributed by atoms with Gasteiger partial charge in [-0.25, -0.2) is 4.98 Å². The first-order valence-electron chi connectivity index (χ1n) is 7.23. The second-order valence-electron chi connectivity index (χ2n) is 4.72. The fourth-order valence-corrected chi connectivity index (χ4v) is 2.08. The summed E-state index contributed by atoms with van der Waals surface area (Å²) in [4.78, 5) is 4.33. The van der Waals surface area contributed by atoms with Crippen molar-refractivity contribution in [2.24, 2.45) is 0 Å². The molecule has 3 nitrogen and oxygen atoms in total. The Balaban J connectivity index is 1.97. The van der Waals surface area contributed by atoms with E-state index in [0.29, 0.717) is 6.61 Å². The third kappa shape index (κ3) is 3.98. The first-order chi connectivity index (χ1) is 9.83. The Hall–Kier alpha value is -2.03. The minimum atomic E-state index is 0.531. The van der Waals surface area contributed by atoms with E-state index in [1.165, 1.54) is 12.0 Å². The van der Waals surface area contributed by atoms with Gasteiger partial charge in [0.05, 0.1) is 0 Å². The molecule has 1 aromatic carbocycles. The molecule has 0 fully saturated rings. The summed E-state index contributed by atoms with van der Waals surface area (Å²) in [6.45, 7) is 5.64. The number of hydrogen-bond donors (Lipinski definition) is 1. The van der Waals surface area contributed by atoms with Gasteiger partial charge in [-0.15, -0.1) is 0 Å². The van der Waals surface area contributed by atoms with E-state index in [4.69, 9.17) is 4.74 Å². The van der Waals surface area contributed by atoms with Gasteiger partial charge in [0.2, 0.25) is 0 Å². The molecule has 20 heavy (non-hydrogen) atoms. The molecule has 1 N–H and O–H groups in total. The Morgan fingerprint density at radius 2 is 1.90 bits per heavy atom. The van der Waals surface area contributed by atoms with Crippen LogP contribution in [0.4, 0.5) is 5.82 Å². The molecular formula is C17H22N2O. The van der Waals surface area contributed by atoms with Crippen molar-refractivity contribution in [2.75, 3.05) is 11.9 Å². The number of nitrogens with one attached hydrogen (secondary N) is 1. The third-order valence-electron chi connectivity index (χ3n) is 3.09. The highest BCUT2D eigenvalue weighted by atomic mass is 16.5. The summed E-state index contributed by atoms with van der Waals surface area (Å²) in [6, 6.07) is 12.3. The topological polar surface area (TPSA) is 34.1 Å². The molecule has 1 heterocycles. The Labute approximate surface area is 121 Å². The van der Waals surface area contributed by atoms with Crippen LogP contribution in [0.2, 0.25) is 0 Å². The molecule has 0 amide bonds. The van der Waals surface area contributed by atoms with Crippen LogP contribution in [0.15, 0.2) is 42.6 Å². The third-order valence-corrected chi connectivity index (χ3v) is 3.09. The summed E-state index contributed by atoms with van der Waals surface area (Å²) < 4.78 is 5.83. The van der Waals surface area contributed by atoms with Gasteiger partial charge in [0, 0.05) is 18.3 Å². The van der Waals surface area contributed by atoms with Crippen LogP contribution < -0.4 is 10.1 Å². The van der Waals surface area contributed by atoms with Crippen LogP contribution in [0.3, 0.4) is 0 Å². The highest BCUT2D eigenvalue weighted by molar-refractivity contribution is 5.43. The second-order valence-corrected chi connectivity index (χ2v) is 4.72. The summed E-state index contributed by atoms with van der Waals surface area (Å²) in [7, 11) is 0. The lowest BCUT2D eigenvalue weighted by atomic mass is 10.1. The smallest absolute Gasteiger partial charge is 0.132 e. The molecule has 0 aliphatic heterocycles. The molecule has 0 aliphatic carbocycles. The van der Waals surface area contributed by atoms with E-state index in [2.05, 4.69) is 36.3 Å². The number of benzene rings is 1. The molecule has 0 unspecified atom stereocenters. The van der Waals surface area contributed by atoms with Crippen molar-refractivity contribution >= 4 is 5.82 Å². The number of pyridine rings is 1. The van der Waals surface area contributed by atoms with Crippen LogP contribution in [0, 0.1) is 0 Å². The van der Waals surface area contributed by atoms with E-state index in [0.717, 1.165) is 30.1 Å². The van der Waals surface area contributed by atoms with E-state index < -0.39 is 0 Å². The summed E-state index contributed by atoms with van der Waals surface area (Å²) in [5.74, 6) is 1.80. The molecule has 0 bridgehead atoms. The van der Waals surface area contributed by atoms with E-state index in [9.17, 15) is 0 Å².